The third kappa shape index (κ3) is 6.97. The first-order valence-electron chi connectivity index (χ1n) is 13.8. The maximum absolute atomic E-state index is 12.6. The lowest BCUT2D eigenvalue weighted by Crippen LogP contribution is -2.33. The number of fused-ring (bicyclic) bond motifs is 1. The van der Waals surface area contributed by atoms with Crippen molar-refractivity contribution in [1.82, 2.24) is 33.4 Å². The number of likely N-dealkylation sites (tertiary alicyclic amines) is 1. The van der Waals surface area contributed by atoms with Gasteiger partial charge in [-0.15, -0.1) is 0 Å². The molecule has 2 N–H and O–H groups in total. The standard InChI is InChI=1S/C22H28N8S.C7H5F2NO/c1-4-29-13-17(9-24-29)19-10-23-22-21(25-16(3)12-30(19)22)26-20-8-18(27-31-20)14-28-7-5-6-15(2)11-28;8-5-1-2-6(9)7(3-5)10-4-11/h8-10,12-13,15H,4-7,11,14H2,1-3H3,(H,25,26);1-4H,(H,10,11). The van der Waals surface area contributed by atoms with Crippen LogP contribution in [-0.2, 0) is 17.9 Å². The molecule has 1 fully saturated rings. The summed E-state index contributed by atoms with van der Waals surface area (Å²) in [5.41, 5.74) is 4.73. The largest absolute Gasteiger partial charge is 0.328 e. The lowest BCUT2D eigenvalue weighted by molar-refractivity contribution is -0.105. The van der Waals surface area contributed by atoms with E-state index < -0.39 is 11.6 Å². The predicted molar refractivity (Wildman–Crippen MR) is 160 cm³/mol. The van der Waals surface area contributed by atoms with E-state index in [0.717, 1.165) is 89.4 Å². The Morgan fingerprint density at radius 1 is 1.19 bits per heavy atom. The first-order valence-corrected chi connectivity index (χ1v) is 14.6. The van der Waals surface area contributed by atoms with Crippen LogP contribution in [0.2, 0.25) is 0 Å². The number of amides is 1. The highest BCUT2D eigenvalue weighted by molar-refractivity contribution is 7.10. The van der Waals surface area contributed by atoms with Crippen LogP contribution in [0.1, 0.15) is 38.1 Å². The third-order valence-electron chi connectivity index (χ3n) is 6.94. The van der Waals surface area contributed by atoms with E-state index in [1.165, 1.54) is 24.4 Å². The van der Waals surface area contributed by atoms with Crippen LogP contribution >= 0.6 is 11.5 Å². The zero-order valence-corrected chi connectivity index (χ0v) is 24.5. The van der Waals surface area contributed by atoms with Gasteiger partial charge in [0.15, 0.2) is 11.5 Å². The molecule has 0 spiro atoms. The SMILES string of the molecule is CCn1cc(-c2cnc3c(Nc4cc(CN5CCCC(C)C5)ns4)nc(C)cn23)cn1.O=CNc1cc(F)ccc1F. The van der Waals surface area contributed by atoms with E-state index in [9.17, 15) is 13.6 Å². The van der Waals surface area contributed by atoms with E-state index in [1.54, 1.807) is 0 Å². The van der Waals surface area contributed by atoms with Gasteiger partial charge in [0.25, 0.3) is 0 Å². The second kappa shape index (κ2) is 13.2. The number of nitrogens with zero attached hydrogens (tertiary/aromatic N) is 7. The molecule has 10 nitrogen and oxygen atoms in total. The maximum Gasteiger partial charge on any atom is 0.211 e. The van der Waals surface area contributed by atoms with Gasteiger partial charge in [0.1, 0.15) is 16.6 Å². The molecule has 0 aliphatic carbocycles. The quantitative estimate of drug-likeness (QED) is 0.216. The Labute approximate surface area is 246 Å². The molecule has 13 heteroatoms. The van der Waals surface area contributed by atoms with Gasteiger partial charge < -0.3 is 10.6 Å². The van der Waals surface area contributed by atoms with E-state index in [-0.39, 0.29) is 12.1 Å². The highest BCUT2D eigenvalue weighted by Gasteiger charge is 2.18. The maximum atomic E-state index is 12.6. The summed E-state index contributed by atoms with van der Waals surface area (Å²) in [6.07, 6.45) is 10.7. The summed E-state index contributed by atoms with van der Waals surface area (Å²) in [4.78, 5) is 21.7. The van der Waals surface area contributed by atoms with Crippen molar-refractivity contribution in [3.05, 3.63) is 72.1 Å². The fourth-order valence-electron chi connectivity index (χ4n) is 4.97. The number of rotatable bonds is 8. The van der Waals surface area contributed by atoms with Gasteiger partial charge in [0.2, 0.25) is 6.41 Å². The minimum atomic E-state index is -0.654. The van der Waals surface area contributed by atoms with E-state index >= 15 is 0 Å². The average molecular weight is 594 g/mol. The number of nitrogens with one attached hydrogen (secondary N) is 2. The Balaban J connectivity index is 0.000000271. The summed E-state index contributed by atoms with van der Waals surface area (Å²) in [6.45, 7) is 10.5. The predicted octanol–water partition coefficient (Wildman–Crippen LogP) is 5.89. The van der Waals surface area contributed by atoms with Crippen LogP contribution in [0.3, 0.4) is 0 Å². The molecule has 5 heterocycles. The van der Waals surface area contributed by atoms with Crippen LogP contribution in [-0.4, -0.2) is 52.9 Å². The van der Waals surface area contributed by atoms with Gasteiger partial charge in [-0.25, -0.2) is 18.7 Å². The second-order valence-corrected chi connectivity index (χ2v) is 11.1. The van der Waals surface area contributed by atoms with Gasteiger partial charge in [0.05, 0.1) is 35.2 Å². The Morgan fingerprint density at radius 3 is 2.81 bits per heavy atom. The van der Waals surface area contributed by atoms with Crippen molar-refractivity contribution in [3.63, 3.8) is 0 Å². The second-order valence-electron chi connectivity index (χ2n) is 10.3. The minimum Gasteiger partial charge on any atom is -0.328 e. The topological polar surface area (TPSA) is 105 Å². The van der Waals surface area contributed by atoms with Crippen LogP contribution in [0.5, 0.6) is 0 Å². The number of aromatic nitrogens is 6. The molecular weight excluding hydrogens is 560 g/mol. The van der Waals surface area contributed by atoms with Crippen LogP contribution in [0.25, 0.3) is 16.9 Å². The summed E-state index contributed by atoms with van der Waals surface area (Å²) in [7, 11) is 0. The van der Waals surface area contributed by atoms with Crippen LogP contribution in [0, 0.1) is 24.5 Å². The van der Waals surface area contributed by atoms with Crippen molar-refractivity contribution < 1.29 is 13.6 Å². The number of anilines is 3. The Kier molecular flexibility index (Phi) is 9.18. The Hall–Kier alpha value is -4.23. The van der Waals surface area contributed by atoms with Crippen LogP contribution in [0.15, 0.2) is 49.1 Å². The highest BCUT2D eigenvalue weighted by Crippen LogP contribution is 2.28. The number of carbonyl (C=O) groups excluding carboxylic acids is 1. The monoisotopic (exact) mass is 593 g/mol. The summed E-state index contributed by atoms with van der Waals surface area (Å²) in [5.74, 6) is 0.277. The van der Waals surface area contributed by atoms with E-state index in [4.69, 9.17) is 4.98 Å². The van der Waals surface area contributed by atoms with Crippen LogP contribution < -0.4 is 10.6 Å². The zero-order valence-electron chi connectivity index (χ0n) is 23.7. The molecule has 4 aromatic heterocycles. The van der Waals surface area contributed by atoms with Gasteiger partial charge in [-0.3, -0.25) is 18.8 Å². The van der Waals surface area contributed by atoms with Crippen molar-refractivity contribution in [1.29, 1.82) is 0 Å². The van der Waals surface area contributed by atoms with Crippen LogP contribution in [0.4, 0.5) is 25.3 Å². The van der Waals surface area contributed by atoms with Crippen molar-refractivity contribution in [2.24, 2.45) is 5.92 Å². The van der Waals surface area contributed by atoms with Gasteiger partial charge in [0, 0.05) is 43.7 Å². The molecule has 1 aromatic carbocycles. The number of hydrogen-bond acceptors (Lipinski definition) is 8. The molecule has 42 heavy (non-hydrogen) atoms. The summed E-state index contributed by atoms with van der Waals surface area (Å²) >= 11 is 1.48. The number of carbonyl (C=O) groups is 1. The first kappa shape index (κ1) is 29.3. The summed E-state index contributed by atoms with van der Waals surface area (Å²) in [5, 5.41) is 10.9. The molecule has 6 rings (SSSR count). The molecule has 1 amide bonds. The zero-order chi connectivity index (χ0) is 29.6. The fraction of sp³-hybridized carbons (Fsp3) is 0.345. The number of hydrogen-bond donors (Lipinski definition) is 2. The summed E-state index contributed by atoms with van der Waals surface area (Å²) in [6, 6.07) is 4.97. The molecular formula is C29H33F2N9OS. The minimum absolute atomic E-state index is 0.153. The molecule has 1 aliphatic rings. The number of halogens is 2. The molecule has 1 unspecified atom stereocenters. The lowest BCUT2D eigenvalue weighted by Gasteiger charge is -2.30. The fourth-order valence-corrected chi connectivity index (χ4v) is 5.63. The van der Waals surface area contributed by atoms with Gasteiger partial charge in [-0.2, -0.15) is 9.47 Å². The number of piperidine rings is 1. The van der Waals surface area contributed by atoms with E-state index in [1.807, 2.05) is 41.7 Å². The van der Waals surface area contributed by atoms with Crippen molar-refractivity contribution in [3.8, 4) is 11.3 Å². The van der Waals surface area contributed by atoms with Gasteiger partial charge in [-0.05, 0) is 68.9 Å². The van der Waals surface area contributed by atoms with Crippen molar-refractivity contribution in [2.75, 3.05) is 23.7 Å². The Morgan fingerprint density at radius 2 is 2.05 bits per heavy atom. The molecule has 0 bridgehead atoms. The van der Waals surface area contributed by atoms with Crippen molar-refractivity contribution in [2.45, 2.75) is 46.7 Å². The third-order valence-corrected chi connectivity index (χ3v) is 7.68. The Bertz CT molecular complexity index is 1660. The lowest BCUT2D eigenvalue weighted by atomic mass is 10.0. The van der Waals surface area contributed by atoms with E-state index in [2.05, 4.69) is 49.0 Å². The highest BCUT2D eigenvalue weighted by atomic mass is 32.1. The average Bonchev–Trinajstić information content (AvgIpc) is 3.71. The number of benzene rings is 1. The summed E-state index contributed by atoms with van der Waals surface area (Å²) < 4.78 is 33.6. The van der Waals surface area contributed by atoms with Crippen molar-refractivity contribution >= 4 is 40.1 Å². The smallest absolute Gasteiger partial charge is 0.211 e. The molecule has 0 radical (unpaired) electrons. The molecule has 220 valence electrons. The normalized spacial score (nSPS) is 15.3. The number of aryl methyl sites for hydroxylation is 2. The molecule has 0 saturated carbocycles. The molecule has 1 saturated heterocycles. The first-order chi connectivity index (χ1) is 20.3. The number of imidazole rings is 1. The van der Waals surface area contributed by atoms with Gasteiger partial charge in [-0.1, -0.05) is 6.92 Å². The molecule has 1 atom stereocenters. The van der Waals surface area contributed by atoms with Gasteiger partial charge >= 0.3 is 0 Å². The molecule has 5 aromatic rings. The molecule has 1 aliphatic heterocycles. The van der Waals surface area contributed by atoms with E-state index in [0.29, 0.717) is 0 Å².